The van der Waals surface area contributed by atoms with Crippen molar-refractivity contribution in [2.75, 3.05) is 21.3 Å². The van der Waals surface area contributed by atoms with Crippen LogP contribution < -0.4 is 5.43 Å². The lowest BCUT2D eigenvalue weighted by molar-refractivity contribution is 0.108. The minimum atomic E-state index is -0.830. The van der Waals surface area contributed by atoms with Crippen LogP contribution in [0.5, 0.6) is 0 Å². The van der Waals surface area contributed by atoms with E-state index in [9.17, 15) is 9.59 Å². The van der Waals surface area contributed by atoms with Crippen molar-refractivity contribution in [1.82, 2.24) is 15.4 Å². The molecule has 8 nitrogen and oxygen atoms in total. The molecule has 0 spiro atoms. The molecule has 0 saturated heterocycles. The number of nitrogens with zero attached hydrogens (tertiary/aromatic N) is 2. The molecule has 0 saturated carbocycles. The number of hydrogen-bond acceptors (Lipinski definition) is 6. The molecule has 0 aliphatic carbocycles. The van der Waals surface area contributed by atoms with Crippen molar-refractivity contribution in [1.29, 1.82) is 0 Å². The van der Waals surface area contributed by atoms with Crippen molar-refractivity contribution in [2.24, 2.45) is 0 Å². The molecule has 8 heteroatoms. The highest BCUT2D eigenvalue weighted by Crippen LogP contribution is 2.12. The number of aromatic nitrogens is 1. The van der Waals surface area contributed by atoms with E-state index in [0.29, 0.717) is 5.69 Å². The number of pyridine rings is 1. The zero-order valence-corrected chi connectivity index (χ0v) is 11.3. The summed E-state index contributed by atoms with van der Waals surface area (Å²) in [6.45, 7) is 0. The number of methoxy groups -OCH3 is 3. The van der Waals surface area contributed by atoms with Crippen LogP contribution in [0.3, 0.4) is 0 Å². The van der Waals surface area contributed by atoms with Gasteiger partial charge in [-0.05, 0) is 12.1 Å². The maximum absolute atomic E-state index is 11.6. The summed E-state index contributed by atoms with van der Waals surface area (Å²) in [6, 6.07) is 5.18. The quantitative estimate of drug-likeness (QED) is 0.664. The Kier molecular flexibility index (Phi) is 5.82. The molecule has 0 bridgehead atoms. The van der Waals surface area contributed by atoms with Crippen molar-refractivity contribution in [3.63, 3.8) is 0 Å². The van der Waals surface area contributed by atoms with Gasteiger partial charge in [-0.1, -0.05) is 6.07 Å². The lowest BCUT2D eigenvalue weighted by atomic mass is 10.3. The van der Waals surface area contributed by atoms with Crippen molar-refractivity contribution < 1.29 is 23.8 Å². The van der Waals surface area contributed by atoms with Gasteiger partial charge in [-0.3, -0.25) is 4.98 Å². The lowest BCUT2D eigenvalue weighted by Crippen LogP contribution is -2.42. The third-order valence-electron chi connectivity index (χ3n) is 2.15. The van der Waals surface area contributed by atoms with Gasteiger partial charge in [0, 0.05) is 6.20 Å². The van der Waals surface area contributed by atoms with Gasteiger partial charge in [-0.25, -0.2) is 15.0 Å². The summed E-state index contributed by atoms with van der Waals surface area (Å²) in [4.78, 5) is 26.8. The number of rotatable bonds is 3. The molecule has 0 fully saturated rings. The van der Waals surface area contributed by atoms with E-state index in [1.807, 2.05) is 0 Å². The van der Waals surface area contributed by atoms with Crippen molar-refractivity contribution in [2.45, 2.75) is 0 Å². The highest BCUT2D eigenvalue weighted by molar-refractivity contribution is 5.76. The first-order valence-electron chi connectivity index (χ1n) is 5.51. The van der Waals surface area contributed by atoms with E-state index in [-0.39, 0.29) is 5.76 Å². The number of carbonyl (C=O) groups is 2. The van der Waals surface area contributed by atoms with Gasteiger partial charge in [-0.15, -0.1) is 0 Å². The largest absolute Gasteiger partial charge is 0.493 e. The van der Waals surface area contributed by atoms with Gasteiger partial charge >= 0.3 is 12.2 Å². The first kappa shape index (κ1) is 15.3. The highest BCUT2D eigenvalue weighted by Gasteiger charge is 2.17. The minimum Gasteiger partial charge on any atom is -0.493 e. The molecule has 0 aromatic carbocycles. The van der Waals surface area contributed by atoms with Gasteiger partial charge in [0.15, 0.2) is 5.76 Å². The summed E-state index contributed by atoms with van der Waals surface area (Å²) >= 11 is 0. The van der Waals surface area contributed by atoms with Crippen molar-refractivity contribution in [3.05, 3.63) is 36.3 Å². The molecule has 0 atom stereocenters. The topological polar surface area (TPSA) is 90.0 Å². The summed E-state index contributed by atoms with van der Waals surface area (Å²) in [7, 11) is 3.76. The Bertz CT molecular complexity index is 489. The maximum atomic E-state index is 11.6. The summed E-state index contributed by atoms with van der Waals surface area (Å²) < 4.78 is 14.1. The Morgan fingerprint density at radius 3 is 2.45 bits per heavy atom. The van der Waals surface area contributed by atoms with E-state index >= 15 is 0 Å². The predicted octanol–water partition coefficient (Wildman–Crippen LogP) is 1.37. The Hall–Kier alpha value is -2.77. The molecule has 0 aliphatic rings. The molecule has 2 amide bonds. The molecular formula is C12H15N3O5. The molecule has 1 aromatic rings. The monoisotopic (exact) mass is 281 g/mol. The standard InChI is InChI=1S/C12H15N3O5/c1-18-10(9-6-4-5-7-13-9)8-15(12(17)20-3)14-11(16)19-2/h4-8H,1-3H3,(H,14,16)/b10-8-. The van der Waals surface area contributed by atoms with Crippen LogP contribution in [-0.2, 0) is 14.2 Å². The van der Waals surface area contributed by atoms with Crippen LogP contribution in [0.2, 0.25) is 0 Å². The Balaban J connectivity index is 3.02. The van der Waals surface area contributed by atoms with Gasteiger partial charge in [0.2, 0.25) is 0 Å². The zero-order chi connectivity index (χ0) is 15.0. The van der Waals surface area contributed by atoms with Crippen LogP contribution in [-0.4, -0.2) is 43.5 Å². The molecule has 108 valence electrons. The van der Waals surface area contributed by atoms with Crippen LogP contribution in [0.25, 0.3) is 5.76 Å². The van der Waals surface area contributed by atoms with Gasteiger partial charge in [0.05, 0.1) is 27.5 Å². The fourth-order valence-electron chi connectivity index (χ4n) is 1.22. The molecule has 1 rings (SSSR count). The second-order valence-electron chi connectivity index (χ2n) is 3.36. The molecule has 0 radical (unpaired) electrons. The molecule has 1 aromatic heterocycles. The summed E-state index contributed by atoms with van der Waals surface area (Å²) in [5, 5.41) is 0.791. The van der Waals surface area contributed by atoms with Crippen LogP contribution >= 0.6 is 0 Å². The average molecular weight is 281 g/mol. The number of hydrogen-bond donors (Lipinski definition) is 1. The Morgan fingerprint density at radius 1 is 1.20 bits per heavy atom. The van der Waals surface area contributed by atoms with Gasteiger partial charge in [-0.2, -0.15) is 5.01 Å². The minimum absolute atomic E-state index is 0.257. The summed E-state index contributed by atoms with van der Waals surface area (Å²) in [6.07, 6.45) is 1.15. The fourth-order valence-corrected chi connectivity index (χ4v) is 1.22. The van der Waals surface area contributed by atoms with Gasteiger partial charge in [0.25, 0.3) is 0 Å². The van der Waals surface area contributed by atoms with Gasteiger partial charge in [0.1, 0.15) is 5.69 Å². The third-order valence-corrected chi connectivity index (χ3v) is 2.15. The van der Waals surface area contributed by atoms with E-state index in [4.69, 9.17) is 4.74 Å². The van der Waals surface area contributed by atoms with E-state index in [0.717, 1.165) is 5.01 Å². The zero-order valence-electron chi connectivity index (χ0n) is 11.3. The normalized spacial score (nSPS) is 10.4. The number of carbonyl (C=O) groups excluding carboxylic acids is 2. The van der Waals surface area contributed by atoms with E-state index in [2.05, 4.69) is 19.9 Å². The predicted molar refractivity (Wildman–Crippen MR) is 69.0 cm³/mol. The van der Waals surface area contributed by atoms with Gasteiger partial charge < -0.3 is 14.2 Å². The van der Waals surface area contributed by atoms with E-state index < -0.39 is 12.2 Å². The van der Waals surface area contributed by atoms with E-state index in [1.165, 1.54) is 27.5 Å². The highest BCUT2D eigenvalue weighted by atomic mass is 16.6. The first-order valence-corrected chi connectivity index (χ1v) is 5.51. The second-order valence-corrected chi connectivity index (χ2v) is 3.36. The smallest absolute Gasteiger partial charge is 0.432 e. The number of hydrazine groups is 1. The average Bonchev–Trinajstić information content (AvgIpc) is 2.51. The number of ether oxygens (including phenoxy) is 3. The number of nitrogens with one attached hydrogen (secondary N) is 1. The third kappa shape index (κ3) is 4.16. The SMILES string of the molecule is COC(=O)NN(/C=C(\OC)c1ccccn1)C(=O)OC. The summed E-state index contributed by atoms with van der Waals surface area (Å²) in [5.74, 6) is 0.257. The molecule has 1 N–H and O–H groups in total. The van der Waals surface area contributed by atoms with Crippen LogP contribution in [0, 0.1) is 0 Å². The fraction of sp³-hybridized carbons (Fsp3) is 0.250. The van der Waals surface area contributed by atoms with Crippen LogP contribution in [0.1, 0.15) is 5.69 Å². The van der Waals surface area contributed by atoms with Crippen molar-refractivity contribution >= 4 is 17.9 Å². The molecule has 0 unspecified atom stereocenters. The van der Waals surface area contributed by atoms with E-state index in [1.54, 1.807) is 24.4 Å². The van der Waals surface area contributed by atoms with Crippen molar-refractivity contribution in [3.8, 4) is 0 Å². The van der Waals surface area contributed by atoms with Crippen LogP contribution in [0.15, 0.2) is 30.6 Å². The molecule has 1 heterocycles. The number of amides is 2. The molecule has 0 aliphatic heterocycles. The maximum Gasteiger partial charge on any atom is 0.432 e. The second kappa shape index (κ2) is 7.62. The Morgan fingerprint density at radius 2 is 1.95 bits per heavy atom. The Labute approximate surface area is 115 Å². The molecule has 20 heavy (non-hydrogen) atoms. The first-order chi connectivity index (χ1) is 9.62. The summed E-state index contributed by atoms with van der Waals surface area (Å²) in [5.41, 5.74) is 2.65. The molecular weight excluding hydrogens is 266 g/mol. The lowest BCUT2D eigenvalue weighted by Gasteiger charge is -2.18. The van der Waals surface area contributed by atoms with Crippen LogP contribution in [0.4, 0.5) is 9.59 Å².